The first-order chi connectivity index (χ1) is 14.6. The summed E-state index contributed by atoms with van der Waals surface area (Å²) in [5.74, 6) is 0.296. The van der Waals surface area contributed by atoms with Crippen LogP contribution in [0.3, 0.4) is 0 Å². The number of rotatable bonds is 7. The Kier molecular flexibility index (Phi) is 6.41. The van der Waals surface area contributed by atoms with Crippen LogP contribution < -0.4 is 5.32 Å². The summed E-state index contributed by atoms with van der Waals surface area (Å²) in [6.07, 6.45) is 2.13. The normalized spacial score (nSPS) is 11.0. The first-order valence-electron chi connectivity index (χ1n) is 9.59. The second-order valence-electron chi connectivity index (χ2n) is 6.88. The zero-order valence-electron chi connectivity index (χ0n) is 16.1. The SMILES string of the molecule is O=C(NCCn1cc(SCc2ccc(Cl)cc2)c2ccccc21)c1ccc(F)cc1. The molecule has 0 aliphatic carbocycles. The van der Waals surface area contributed by atoms with E-state index in [9.17, 15) is 9.18 Å². The molecule has 0 saturated carbocycles. The fraction of sp³-hybridized carbons (Fsp3) is 0.125. The van der Waals surface area contributed by atoms with Gasteiger partial charge in [0.15, 0.2) is 0 Å². The second kappa shape index (κ2) is 9.37. The molecule has 1 heterocycles. The van der Waals surface area contributed by atoms with Crippen molar-refractivity contribution in [3.8, 4) is 0 Å². The van der Waals surface area contributed by atoms with Crippen molar-refractivity contribution in [2.75, 3.05) is 6.54 Å². The lowest BCUT2D eigenvalue weighted by Crippen LogP contribution is -2.27. The Labute approximate surface area is 183 Å². The van der Waals surface area contributed by atoms with E-state index in [1.165, 1.54) is 40.1 Å². The van der Waals surface area contributed by atoms with Gasteiger partial charge in [-0.25, -0.2) is 4.39 Å². The Morgan fingerprint density at radius 1 is 1.00 bits per heavy atom. The highest BCUT2D eigenvalue weighted by Crippen LogP contribution is 2.32. The van der Waals surface area contributed by atoms with Crippen molar-refractivity contribution in [1.29, 1.82) is 0 Å². The van der Waals surface area contributed by atoms with Gasteiger partial charge in [-0.1, -0.05) is 41.9 Å². The smallest absolute Gasteiger partial charge is 0.251 e. The zero-order chi connectivity index (χ0) is 20.9. The molecule has 4 aromatic rings. The third-order valence-corrected chi connectivity index (χ3v) is 6.17. The average Bonchev–Trinajstić information content (AvgIpc) is 3.12. The van der Waals surface area contributed by atoms with Gasteiger partial charge in [0, 0.05) is 51.4 Å². The monoisotopic (exact) mass is 438 g/mol. The van der Waals surface area contributed by atoms with E-state index >= 15 is 0 Å². The maximum atomic E-state index is 13.0. The molecule has 0 spiro atoms. The molecule has 0 fully saturated rings. The largest absolute Gasteiger partial charge is 0.350 e. The van der Waals surface area contributed by atoms with Crippen molar-refractivity contribution in [3.05, 3.63) is 101 Å². The number of amides is 1. The number of carbonyl (C=O) groups excluding carboxylic acids is 1. The molecule has 3 nitrogen and oxygen atoms in total. The van der Waals surface area contributed by atoms with Gasteiger partial charge >= 0.3 is 0 Å². The van der Waals surface area contributed by atoms with Crippen LogP contribution in [0, 0.1) is 5.82 Å². The second-order valence-corrected chi connectivity index (χ2v) is 8.34. The highest BCUT2D eigenvalue weighted by atomic mass is 35.5. The van der Waals surface area contributed by atoms with Crippen LogP contribution in [0.4, 0.5) is 4.39 Å². The number of carbonyl (C=O) groups is 1. The van der Waals surface area contributed by atoms with E-state index in [-0.39, 0.29) is 11.7 Å². The molecule has 3 aromatic carbocycles. The zero-order valence-corrected chi connectivity index (χ0v) is 17.7. The minimum Gasteiger partial charge on any atom is -0.350 e. The molecule has 30 heavy (non-hydrogen) atoms. The molecule has 0 aliphatic rings. The quantitative estimate of drug-likeness (QED) is 0.351. The van der Waals surface area contributed by atoms with Crippen molar-refractivity contribution < 1.29 is 9.18 Å². The first kappa shape index (κ1) is 20.5. The predicted octanol–water partition coefficient (Wildman–Crippen LogP) is 6.16. The molecule has 0 unspecified atom stereocenters. The number of thioether (sulfide) groups is 1. The number of nitrogens with one attached hydrogen (secondary N) is 1. The molecule has 1 aromatic heterocycles. The van der Waals surface area contributed by atoms with E-state index in [2.05, 4.69) is 28.2 Å². The Bertz CT molecular complexity index is 1160. The van der Waals surface area contributed by atoms with Gasteiger partial charge in [-0.2, -0.15) is 0 Å². The van der Waals surface area contributed by atoms with Crippen molar-refractivity contribution in [2.24, 2.45) is 0 Å². The average molecular weight is 439 g/mol. The van der Waals surface area contributed by atoms with Crippen molar-refractivity contribution in [2.45, 2.75) is 17.2 Å². The summed E-state index contributed by atoms with van der Waals surface area (Å²) in [7, 11) is 0. The van der Waals surface area contributed by atoms with Gasteiger partial charge in [-0.15, -0.1) is 11.8 Å². The van der Waals surface area contributed by atoms with Gasteiger partial charge in [-0.3, -0.25) is 4.79 Å². The summed E-state index contributed by atoms with van der Waals surface area (Å²) in [4.78, 5) is 13.4. The third-order valence-electron chi connectivity index (χ3n) is 4.80. The molecule has 0 radical (unpaired) electrons. The van der Waals surface area contributed by atoms with Crippen LogP contribution in [0.25, 0.3) is 10.9 Å². The highest BCUT2D eigenvalue weighted by Gasteiger charge is 2.10. The number of hydrogen-bond acceptors (Lipinski definition) is 2. The van der Waals surface area contributed by atoms with Crippen LogP contribution >= 0.6 is 23.4 Å². The highest BCUT2D eigenvalue weighted by molar-refractivity contribution is 7.98. The molecule has 4 rings (SSSR count). The number of fused-ring (bicyclic) bond motifs is 1. The molecule has 0 atom stereocenters. The number of aromatic nitrogens is 1. The molecule has 0 aliphatic heterocycles. The molecule has 6 heteroatoms. The van der Waals surface area contributed by atoms with Crippen molar-refractivity contribution in [3.63, 3.8) is 0 Å². The molecule has 0 saturated heterocycles. The lowest BCUT2D eigenvalue weighted by Gasteiger charge is -2.07. The Hall–Kier alpha value is -2.76. The van der Waals surface area contributed by atoms with Crippen LogP contribution in [0.5, 0.6) is 0 Å². The summed E-state index contributed by atoms with van der Waals surface area (Å²) in [6, 6.07) is 21.7. The standard InChI is InChI=1S/C24H20ClFN2OS/c25-19-9-5-17(6-10-19)16-30-23-15-28(22-4-2-1-3-21(22)23)14-13-27-24(29)18-7-11-20(26)12-8-18/h1-12,15H,13-14,16H2,(H,27,29). The summed E-state index contributed by atoms with van der Waals surface area (Å²) in [5, 5.41) is 4.84. The van der Waals surface area contributed by atoms with Crippen LogP contribution in [0.1, 0.15) is 15.9 Å². The predicted molar refractivity (Wildman–Crippen MR) is 122 cm³/mol. The van der Waals surface area contributed by atoms with Gasteiger partial charge in [0.2, 0.25) is 0 Å². The summed E-state index contributed by atoms with van der Waals surface area (Å²) in [6.45, 7) is 1.13. The summed E-state index contributed by atoms with van der Waals surface area (Å²) in [5.41, 5.74) is 2.80. The number of hydrogen-bond donors (Lipinski definition) is 1. The lowest BCUT2D eigenvalue weighted by atomic mass is 10.2. The number of benzene rings is 3. The fourth-order valence-corrected chi connectivity index (χ4v) is 4.42. The number of para-hydroxylation sites is 1. The lowest BCUT2D eigenvalue weighted by molar-refractivity contribution is 0.0952. The topological polar surface area (TPSA) is 34.0 Å². The summed E-state index contributed by atoms with van der Waals surface area (Å²) >= 11 is 7.75. The fourth-order valence-electron chi connectivity index (χ4n) is 3.25. The first-order valence-corrected chi connectivity index (χ1v) is 11.0. The van der Waals surface area contributed by atoms with E-state index in [0.717, 1.165) is 16.3 Å². The van der Waals surface area contributed by atoms with Gasteiger partial charge in [0.1, 0.15) is 5.82 Å². The van der Waals surface area contributed by atoms with Gasteiger partial charge < -0.3 is 9.88 Å². The van der Waals surface area contributed by atoms with E-state index in [1.807, 2.05) is 36.4 Å². The number of halogens is 2. The third kappa shape index (κ3) is 4.86. The maximum Gasteiger partial charge on any atom is 0.251 e. The molecular weight excluding hydrogens is 419 g/mol. The van der Waals surface area contributed by atoms with Crippen LogP contribution in [0.2, 0.25) is 5.02 Å². The van der Waals surface area contributed by atoms with E-state index in [4.69, 9.17) is 11.6 Å². The van der Waals surface area contributed by atoms with E-state index in [0.29, 0.717) is 18.7 Å². The molecule has 152 valence electrons. The van der Waals surface area contributed by atoms with Gasteiger partial charge in [0.05, 0.1) is 0 Å². The summed E-state index contributed by atoms with van der Waals surface area (Å²) < 4.78 is 15.2. The van der Waals surface area contributed by atoms with Crippen LogP contribution in [-0.4, -0.2) is 17.0 Å². The van der Waals surface area contributed by atoms with E-state index in [1.54, 1.807) is 11.8 Å². The molecule has 1 N–H and O–H groups in total. The van der Waals surface area contributed by atoms with Gasteiger partial charge in [-0.05, 0) is 48.0 Å². The molecule has 1 amide bonds. The van der Waals surface area contributed by atoms with E-state index < -0.39 is 0 Å². The van der Waals surface area contributed by atoms with Crippen LogP contribution in [0.15, 0.2) is 83.9 Å². The van der Waals surface area contributed by atoms with Gasteiger partial charge in [0.25, 0.3) is 5.91 Å². The molecule has 0 bridgehead atoms. The number of nitrogens with zero attached hydrogens (tertiary/aromatic N) is 1. The minimum atomic E-state index is -0.353. The Morgan fingerprint density at radius 2 is 1.73 bits per heavy atom. The maximum absolute atomic E-state index is 13.0. The van der Waals surface area contributed by atoms with Crippen molar-refractivity contribution in [1.82, 2.24) is 9.88 Å². The van der Waals surface area contributed by atoms with Crippen LogP contribution in [-0.2, 0) is 12.3 Å². The Morgan fingerprint density at radius 3 is 2.50 bits per heavy atom. The molecular formula is C24H20ClFN2OS. The minimum absolute atomic E-state index is 0.205. The Balaban J connectivity index is 1.43. The van der Waals surface area contributed by atoms with Crippen molar-refractivity contribution >= 4 is 40.2 Å².